The predicted molar refractivity (Wildman–Crippen MR) is 80.1 cm³/mol. The highest BCUT2D eigenvalue weighted by atomic mass is 32.1. The molecule has 10 heteroatoms. The lowest BCUT2D eigenvalue weighted by Crippen LogP contribution is -2.37. The van der Waals surface area contributed by atoms with E-state index in [4.69, 9.17) is 10.6 Å². The van der Waals surface area contributed by atoms with Crippen LogP contribution in [0.4, 0.5) is 17.8 Å². The van der Waals surface area contributed by atoms with Gasteiger partial charge in [-0.2, -0.15) is 15.0 Å². The van der Waals surface area contributed by atoms with E-state index in [0.29, 0.717) is 37.6 Å². The highest BCUT2D eigenvalue weighted by Crippen LogP contribution is 2.15. The van der Waals surface area contributed by atoms with E-state index in [0.717, 1.165) is 18.0 Å². The first-order valence-corrected chi connectivity index (χ1v) is 7.40. The average Bonchev–Trinajstić information content (AvgIpc) is 3.07. The molecule has 0 unspecified atom stereocenters. The summed E-state index contributed by atoms with van der Waals surface area (Å²) >= 11 is 1.57. The molecule has 0 bridgehead atoms. The van der Waals surface area contributed by atoms with Crippen molar-refractivity contribution in [1.82, 2.24) is 19.9 Å². The number of nitrogens with one attached hydrogen (secondary N) is 2. The van der Waals surface area contributed by atoms with Crippen LogP contribution in [0.15, 0.2) is 11.7 Å². The van der Waals surface area contributed by atoms with E-state index in [1.54, 1.807) is 16.8 Å². The molecule has 0 radical (unpaired) electrons. The van der Waals surface area contributed by atoms with Gasteiger partial charge in [0, 0.05) is 24.2 Å². The number of nitrogens with two attached hydrogens (primary N) is 1. The number of hydrogen-bond donors (Lipinski definition) is 3. The smallest absolute Gasteiger partial charge is 0.243 e. The molecule has 1 aliphatic rings. The van der Waals surface area contributed by atoms with Crippen molar-refractivity contribution < 1.29 is 4.74 Å². The van der Waals surface area contributed by atoms with Gasteiger partial charge >= 0.3 is 0 Å². The molecule has 2 aromatic rings. The SMILES string of the molecule is NNc1nc(NCc2cncs2)nc(N2CCOCC2)n1. The second kappa shape index (κ2) is 6.61. The van der Waals surface area contributed by atoms with Crippen LogP contribution in [0.1, 0.15) is 4.88 Å². The summed E-state index contributed by atoms with van der Waals surface area (Å²) in [6, 6.07) is 0. The van der Waals surface area contributed by atoms with Gasteiger partial charge < -0.3 is 15.0 Å². The lowest BCUT2D eigenvalue weighted by Gasteiger charge is -2.27. The van der Waals surface area contributed by atoms with Crippen LogP contribution in [0.2, 0.25) is 0 Å². The molecule has 0 amide bonds. The number of hydrogen-bond acceptors (Lipinski definition) is 10. The minimum atomic E-state index is 0.332. The number of anilines is 3. The molecule has 1 fully saturated rings. The quantitative estimate of drug-likeness (QED) is 0.521. The van der Waals surface area contributed by atoms with Crippen molar-refractivity contribution in [3.05, 3.63) is 16.6 Å². The van der Waals surface area contributed by atoms with E-state index in [-0.39, 0.29) is 0 Å². The maximum atomic E-state index is 5.43. The lowest BCUT2D eigenvalue weighted by atomic mass is 10.4. The first-order chi connectivity index (χ1) is 10.3. The second-order valence-electron chi connectivity index (χ2n) is 4.35. The van der Waals surface area contributed by atoms with Crippen LogP contribution < -0.4 is 21.5 Å². The number of nitrogen functional groups attached to an aromatic ring is 1. The normalized spacial score (nSPS) is 15.0. The summed E-state index contributed by atoms with van der Waals surface area (Å²) in [5.74, 6) is 6.83. The Morgan fingerprint density at radius 1 is 1.24 bits per heavy atom. The zero-order valence-electron chi connectivity index (χ0n) is 11.3. The maximum absolute atomic E-state index is 5.43. The van der Waals surface area contributed by atoms with Crippen LogP contribution in [-0.4, -0.2) is 46.2 Å². The second-order valence-corrected chi connectivity index (χ2v) is 5.32. The number of ether oxygens (including phenoxy) is 1. The van der Waals surface area contributed by atoms with Crippen molar-refractivity contribution in [2.45, 2.75) is 6.54 Å². The standard InChI is InChI=1S/C11H16N8OS/c12-18-10-15-9(14-6-8-5-13-7-21-8)16-11(17-10)19-1-3-20-4-2-19/h5,7H,1-4,6,12H2,(H2,14,15,16,17,18). The van der Waals surface area contributed by atoms with E-state index in [1.165, 1.54) is 0 Å². The van der Waals surface area contributed by atoms with Gasteiger partial charge in [-0.15, -0.1) is 11.3 Å². The summed E-state index contributed by atoms with van der Waals surface area (Å²) in [5, 5.41) is 3.16. The Balaban J connectivity index is 1.75. The highest BCUT2D eigenvalue weighted by molar-refractivity contribution is 7.09. The highest BCUT2D eigenvalue weighted by Gasteiger charge is 2.16. The third kappa shape index (κ3) is 3.54. The molecule has 0 aliphatic carbocycles. The van der Waals surface area contributed by atoms with Gasteiger partial charge in [-0.3, -0.25) is 10.4 Å². The largest absolute Gasteiger partial charge is 0.378 e. The van der Waals surface area contributed by atoms with Gasteiger partial charge in [-0.05, 0) is 0 Å². The Kier molecular flexibility index (Phi) is 4.38. The molecule has 0 aromatic carbocycles. The van der Waals surface area contributed by atoms with Crippen LogP contribution in [0, 0.1) is 0 Å². The molecule has 1 saturated heterocycles. The zero-order valence-corrected chi connectivity index (χ0v) is 12.1. The number of morpholine rings is 1. The third-order valence-corrected chi connectivity index (χ3v) is 3.73. The minimum absolute atomic E-state index is 0.332. The molecule has 0 spiro atoms. The predicted octanol–water partition coefficient (Wildman–Crippen LogP) is 0.0624. The van der Waals surface area contributed by atoms with Gasteiger partial charge in [-0.1, -0.05) is 0 Å². The first kappa shape index (κ1) is 13.9. The van der Waals surface area contributed by atoms with E-state index in [2.05, 4.69) is 30.7 Å². The van der Waals surface area contributed by atoms with Crippen molar-refractivity contribution in [3.63, 3.8) is 0 Å². The molecule has 0 saturated carbocycles. The summed E-state index contributed by atoms with van der Waals surface area (Å²) in [5.41, 5.74) is 4.26. The van der Waals surface area contributed by atoms with E-state index in [1.807, 2.05) is 11.1 Å². The topological polar surface area (TPSA) is 114 Å². The van der Waals surface area contributed by atoms with Gasteiger partial charge in [0.25, 0.3) is 0 Å². The first-order valence-electron chi connectivity index (χ1n) is 6.52. The molecule has 3 heterocycles. The number of hydrazine groups is 1. The van der Waals surface area contributed by atoms with Gasteiger partial charge in [0.15, 0.2) is 0 Å². The zero-order chi connectivity index (χ0) is 14.5. The molecule has 1 aliphatic heterocycles. The van der Waals surface area contributed by atoms with Gasteiger partial charge in [-0.25, -0.2) is 5.84 Å². The molecule has 21 heavy (non-hydrogen) atoms. The Morgan fingerprint density at radius 3 is 2.76 bits per heavy atom. The lowest BCUT2D eigenvalue weighted by molar-refractivity contribution is 0.122. The van der Waals surface area contributed by atoms with Crippen LogP contribution >= 0.6 is 11.3 Å². The average molecular weight is 308 g/mol. The van der Waals surface area contributed by atoms with Crippen LogP contribution in [0.25, 0.3) is 0 Å². The summed E-state index contributed by atoms with van der Waals surface area (Å²) in [6.45, 7) is 3.45. The summed E-state index contributed by atoms with van der Waals surface area (Å²) in [6.07, 6.45) is 1.81. The number of aromatic nitrogens is 4. The number of rotatable bonds is 5. The molecular formula is C11H16N8OS. The monoisotopic (exact) mass is 308 g/mol. The Bertz CT molecular complexity index is 572. The van der Waals surface area contributed by atoms with Crippen LogP contribution in [0.5, 0.6) is 0 Å². The molecular weight excluding hydrogens is 292 g/mol. The Morgan fingerprint density at radius 2 is 2.05 bits per heavy atom. The molecule has 3 rings (SSSR count). The van der Waals surface area contributed by atoms with Crippen molar-refractivity contribution in [1.29, 1.82) is 0 Å². The minimum Gasteiger partial charge on any atom is -0.378 e. The van der Waals surface area contributed by atoms with Crippen LogP contribution in [-0.2, 0) is 11.3 Å². The maximum Gasteiger partial charge on any atom is 0.243 e. The fourth-order valence-electron chi connectivity index (χ4n) is 1.91. The Hall–Kier alpha value is -2.04. The van der Waals surface area contributed by atoms with E-state index in [9.17, 15) is 0 Å². The number of nitrogens with zero attached hydrogens (tertiary/aromatic N) is 5. The summed E-state index contributed by atoms with van der Waals surface area (Å²) < 4.78 is 5.33. The van der Waals surface area contributed by atoms with Crippen molar-refractivity contribution >= 4 is 29.2 Å². The van der Waals surface area contributed by atoms with Crippen molar-refractivity contribution in [3.8, 4) is 0 Å². The molecule has 112 valence electrons. The molecule has 4 N–H and O–H groups in total. The van der Waals surface area contributed by atoms with Gasteiger partial charge in [0.1, 0.15) is 0 Å². The van der Waals surface area contributed by atoms with Crippen molar-refractivity contribution in [2.75, 3.05) is 41.9 Å². The van der Waals surface area contributed by atoms with E-state index >= 15 is 0 Å². The van der Waals surface area contributed by atoms with Crippen LogP contribution in [0.3, 0.4) is 0 Å². The van der Waals surface area contributed by atoms with Crippen molar-refractivity contribution in [2.24, 2.45) is 5.84 Å². The fraction of sp³-hybridized carbons (Fsp3) is 0.455. The molecule has 0 atom stereocenters. The molecule has 9 nitrogen and oxygen atoms in total. The van der Waals surface area contributed by atoms with Gasteiger partial charge in [0.2, 0.25) is 17.8 Å². The summed E-state index contributed by atoms with van der Waals surface area (Å²) in [4.78, 5) is 20.1. The third-order valence-electron chi connectivity index (χ3n) is 2.95. The Labute approximate surface area is 125 Å². The van der Waals surface area contributed by atoms with E-state index < -0.39 is 0 Å². The summed E-state index contributed by atoms with van der Waals surface area (Å²) in [7, 11) is 0. The molecule has 2 aromatic heterocycles. The van der Waals surface area contributed by atoms with Gasteiger partial charge in [0.05, 0.1) is 25.3 Å². The fourth-order valence-corrected chi connectivity index (χ4v) is 2.44. The number of thiazole rings is 1.